The van der Waals surface area contributed by atoms with Gasteiger partial charge in [-0.3, -0.25) is 0 Å². The van der Waals surface area contributed by atoms with Gasteiger partial charge in [-0.1, -0.05) is 6.07 Å². The number of aromatic hydroxyl groups is 1. The van der Waals surface area contributed by atoms with Gasteiger partial charge in [-0.05, 0) is 12.1 Å². The lowest BCUT2D eigenvalue weighted by Gasteiger charge is -2.06. The molecular weight excluding hydrogens is 190 g/mol. The van der Waals surface area contributed by atoms with Gasteiger partial charge in [0.05, 0.1) is 18.6 Å². The molecule has 0 saturated heterocycles. The molecule has 0 amide bonds. The molecule has 1 aromatic heterocycles. The summed E-state index contributed by atoms with van der Waals surface area (Å²) in [7, 11) is 1.95. The summed E-state index contributed by atoms with van der Waals surface area (Å²) in [5.74, 6) is 0.269. The summed E-state index contributed by atoms with van der Waals surface area (Å²) in [6.07, 6.45) is 3.58. The molecule has 2 rings (SSSR count). The molecule has 1 heterocycles. The van der Waals surface area contributed by atoms with Gasteiger partial charge < -0.3 is 15.0 Å². The highest BCUT2D eigenvalue weighted by Gasteiger charge is 1.98. The molecule has 0 unspecified atom stereocenters. The van der Waals surface area contributed by atoms with E-state index in [-0.39, 0.29) is 5.75 Å². The van der Waals surface area contributed by atoms with Crippen molar-refractivity contribution in [3.63, 3.8) is 0 Å². The SMILES string of the molecule is Cn1cncc1CNc1cccc(O)c1. The molecule has 2 aromatic rings. The van der Waals surface area contributed by atoms with Crippen LogP contribution in [0.5, 0.6) is 5.75 Å². The standard InChI is InChI=1S/C11H13N3O/c1-14-8-12-6-10(14)7-13-9-3-2-4-11(15)5-9/h2-6,8,13,15H,7H2,1H3. The van der Waals surface area contributed by atoms with Crippen molar-refractivity contribution in [2.45, 2.75) is 6.54 Å². The summed E-state index contributed by atoms with van der Waals surface area (Å²) in [6, 6.07) is 7.06. The molecule has 0 aliphatic heterocycles. The second-order valence-corrected chi connectivity index (χ2v) is 3.40. The van der Waals surface area contributed by atoms with Crippen LogP contribution in [0.25, 0.3) is 0 Å². The molecule has 0 aliphatic carbocycles. The van der Waals surface area contributed by atoms with Crippen LogP contribution < -0.4 is 5.32 Å². The fraction of sp³-hybridized carbons (Fsp3) is 0.182. The molecule has 0 saturated carbocycles. The Kier molecular flexibility index (Phi) is 2.58. The third kappa shape index (κ3) is 2.28. The Morgan fingerprint density at radius 3 is 3.00 bits per heavy atom. The van der Waals surface area contributed by atoms with Gasteiger partial charge in [0, 0.05) is 25.0 Å². The van der Waals surface area contributed by atoms with Crippen molar-refractivity contribution in [2.75, 3.05) is 5.32 Å². The van der Waals surface area contributed by atoms with Crippen molar-refractivity contribution in [2.24, 2.45) is 7.05 Å². The first-order chi connectivity index (χ1) is 7.25. The molecule has 0 fully saturated rings. The number of hydrogen-bond donors (Lipinski definition) is 2. The van der Waals surface area contributed by atoms with Gasteiger partial charge in [0.2, 0.25) is 0 Å². The highest BCUT2D eigenvalue weighted by atomic mass is 16.3. The summed E-state index contributed by atoms with van der Waals surface area (Å²) in [4.78, 5) is 4.03. The minimum atomic E-state index is 0.269. The number of phenolic OH excluding ortho intramolecular Hbond substituents is 1. The van der Waals surface area contributed by atoms with Crippen molar-refractivity contribution >= 4 is 5.69 Å². The van der Waals surface area contributed by atoms with Crippen LogP contribution in [0.15, 0.2) is 36.8 Å². The molecule has 0 bridgehead atoms. The van der Waals surface area contributed by atoms with Crippen LogP contribution >= 0.6 is 0 Å². The zero-order valence-electron chi connectivity index (χ0n) is 8.51. The third-order valence-corrected chi connectivity index (χ3v) is 2.24. The molecule has 0 atom stereocenters. The normalized spacial score (nSPS) is 10.2. The van der Waals surface area contributed by atoms with Crippen molar-refractivity contribution in [1.29, 1.82) is 0 Å². The zero-order chi connectivity index (χ0) is 10.7. The largest absolute Gasteiger partial charge is 0.508 e. The molecule has 4 heteroatoms. The Bertz CT molecular complexity index is 451. The minimum Gasteiger partial charge on any atom is -0.508 e. The number of anilines is 1. The number of rotatable bonds is 3. The Morgan fingerprint density at radius 1 is 1.47 bits per heavy atom. The van der Waals surface area contributed by atoms with E-state index in [1.165, 1.54) is 0 Å². The van der Waals surface area contributed by atoms with E-state index in [0.717, 1.165) is 11.4 Å². The van der Waals surface area contributed by atoms with Gasteiger partial charge >= 0.3 is 0 Å². The number of hydrogen-bond acceptors (Lipinski definition) is 3. The Labute approximate surface area is 88.2 Å². The van der Waals surface area contributed by atoms with E-state index in [9.17, 15) is 5.11 Å². The number of nitrogens with one attached hydrogen (secondary N) is 1. The fourth-order valence-corrected chi connectivity index (χ4v) is 1.36. The van der Waals surface area contributed by atoms with E-state index in [4.69, 9.17) is 0 Å². The van der Waals surface area contributed by atoms with E-state index < -0.39 is 0 Å². The van der Waals surface area contributed by atoms with Crippen molar-refractivity contribution < 1.29 is 5.11 Å². The molecule has 2 N–H and O–H groups in total. The lowest BCUT2D eigenvalue weighted by molar-refractivity contribution is 0.475. The van der Waals surface area contributed by atoms with Gasteiger partial charge in [0.1, 0.15) is 5.75 Å². The highest BCUT2D eigenvalue weighted by molar-refractivity contribution is 5.47. The fourth-order valence-electron chi connectivity index (χ4n) is 1.36. The van der Waals surface area contributed by atoms with E-state index in [2.05, 4.69) is 10.3 Å². The molecule has 78 valence electrons. The second kappa shape index (κ2) is 4.04. The number of benzene rings is 1. The Balaban J connectivity index is 2.02. The first-order valence-corrected chi connectivity index (χ1v) is 4.74. The van der Waals surface area contributed by atoms with E-state index in [1.54, 1.807) is 24.5 Å². The maximum Gasteiger partial charge on any atom is 0.117 e. The van der Waals surface area contributed by atoms with Gasteiger partial charge in [0.15, 0.2) is 0 Å². The van der Waals surface area contributed by atoms with E-state index in [1.807, 2.05) is 23.9 Å². The van der Waals surface area contributed by atoms with Gasteiger partial charge in [-0.25, -0.2) is 4.98 Å². The van der Waals surface area contributed by atoms with Crippen LogP contribution in [0.3, 0.4) is 0 Å². The summed E-state index contributed by atoms with van der Waals surface area (Å²) < 4.78 is 1.95. The molecule has 0 spiro atoms. The maximum absolute atomic E-state index is 9.27. The summed E-state index contributed by atoms with van der Waals surface area (Å²) in [5, 5.41) is 12.5. The van der Waals surface area contributed by atoms with Crippen LogP contribution in [-0.4, -0.2) is 14.7 Å². The summed E-state index contributed by atoms with van der Waals surface area (Å²) >= 11 is 0. The molecular formula is C11H13N3O. The highest BCUT2D eigenvalue weighted by Crippen LogP contribution is 2.15. The minimum absolute atomic E-state index is 0.269. The topological polar surface area (TPSA) is 50.1 Å². The van der Waals surface area contributed by atoms with E-state index >= 15 is 0 Å². The van der Waals surface area contributed by atoms with Crippen LogP contribution in [0.1, 0.15) is 5.69 Å². The lowest BCUT2D eigenvalue weighted by Crippen LogP contribution is -2.03. The molecule has 1 aromatic carbocycles. The Hall–Kier alpha value is -1.97. The molecule has 0 aliphatic rings. The number of aromatic nitrogens is 2. The van der Waals surface area contributed by atoms with Crippen LogP contribution in [0.4, 0.5) is 5.69 Å². The summed E-state index contributed by atoms with van der Waals surface area (Å²) in [6.45, 7) is 0.694. The van der Waals surface area contributed by atoms with Crippen LogP contribution in [0, 0.1) is 0 Å². The number of aryl methyl sites for hydroxylation is 1. The first kappa shape index (κ1) is 9.58. The predicted octanol–water partition coefficient (Wildman–Crippen LogP) is 1.74. The number of phenols is 1. The van der Waals surface area contributed by atoms with Crippen LogP contribution in [-0.2, 0) is 13.6 Å². The first-order valence-electron chi connectivity index (χ1n) is 4.74. The zero-order valence-corrected chi connectivity index (χ0v) is 8.51. The lowest BCUT2D eigenvalue weighted by atomic mass is 10.3. The predicted molar refractivity (Wildman–Crippen MR) is 58.6 cm³/mol. The van der Waals surface area contributed by atoms with Crippen molar-refractivity contribution in [1.82, 2.24) is 9.55 Å². The van der Waals surface area contributed by atoms with E-state index in [0.29, 0.717) is 6.54 Å². The van der Waals surface area contributed by atoms with Crippen molar-refractivity contribution in [3.8, 4) is 5.75 Å². The monoisotopic (exact) mass is 203 g/mol. The van der Waals surface area contributed by atoms with Gasteiger partial charge in [-0.15, -0.1) is 0 Å². The number of nitrogens with zero attached hydrogens (tertiary/aromatic N) is 2. The average molecular weight is 203 g/mol. The van der Waals surface area contributed by atoms with Crippen LogP contribution in [0.2, 0.25) is 0 Å². The Morgan fingerprint density at radius 2 is 2.33 bits per heavy atom. The molecule has 4 nitrogen and oxygen atoms in total. The van der Waals surface area contributed by atoms with Gasteiger partial charge in [0.25, 0.3) is 0 Å². The number of imidazole rings is 1. The smallest absolute Gasteiger partial charge is 0.117 e. The molecule has 15 heavy (non-hydrogen) atoms. The third-order valence-electron chi connectivity index (χ3n) is 2.24. The van der Waals surface area contributed by atoms with Crippen molar-refractivity contribution in [3.05, 3.63) is 42.5 Å². The summed E-state index contributed by atoms with van der Waals surface area (Å²) in [5.41, 5.74) is 1.99. The molecule has 0 radical (unpaired) electrons. The average Bonchev–Trinajstić information content (AvgIpc) is 2.61. The quantitative estimate of drug-likeness (QED) is 0.798. The van der Waals surface area contributed by atoms with Gasteiger partial charge in [-0.2, -0.15) is 0 Å². The maximum atomic E-state index is 9.27. The second-order valence-electron chi connectivity index (χ2n) is 3.40.